The van der Waals surface area contributed by atoms with Crippen molar-refractivity contribution in [2.24, 2.45) is 0 Å². The van der Waals surface area contributed by atoms with Crippen LogP contribution in [-0.2, 0) is 0 Å². The zero-order chi connectivity index (χ0) is 17.9. The van der Waals surface area contributed by atoms with Crippen molar-refractivity contribution in [1.29, 1.82) is 0 Å². The Hall–Kier alpha value is -2.05. The summed E-state index contributed by atoms with van der Waals surface area (Å²) in [5.74, 6) is 1.81. The zero-order valence-electron chi connectivity index (χ0n) is 15.0. The number of likely N-dealkylation sites (tertiary alicyclic amines) is 1. The normalized spacial score (nSPS) is 19.5. The summed E-state index contributed by atoms with van der Waals surface area (Å²) in [5, 5.41) is 4.87. The SMILES string of the molecule is Cc1ccccc1[C@@H]1CCN(CCNC(=O)c2scc3c2OCCO3)C1. The lowest BCUT2D eigenvalue weighted by molar-refractivity contribution is 0.0944. The molecule has 0 saturated carbocycles. The fourth-order valence-corrected chi connectivity index (χ4v) is 4.61. The molecule has 2 aliphatic heterocycles. The van der Waals surface area contributed by atoms with Gasteiger partial charge in [0.2, 0.25) is 0 Å². The van der Waals surface area contributed by atoms with Crippen LogP contribution in [0.2, 0.25) is 0 Å². The van der Waals surface area contributed by atoms with Gasteiger partial charge < -0.3 is 19.7 Å². The fourth-order valence-electron chi connectivity index (χ4n) is 3.76. The van der Waals surface area contributed by atoms with Crippen LogP contribution < -0.4 is 14.8 Å². The number of aryl methyl sites for hydroxylation is 1. The van der Waals surface area contributed by atoms with Gasteiger partial charge in [0.05, 0.1) is 0 Å². The summed E-state index contributed by atoms with van der Waals surface area (Å²) >= 11 is 1.38. The Morgan fingerprint density at radius 3 is 3.04 bits per heavy atom. The second-order valence-corrected chi connectivity index (χ2v) is 7.73. The van der Waals surface area contributed by atoms with Crippen molar-refractivity contribution in [1.82, 2.24) is 10.2 Å². The van der Waals surface area contributed by atoms with Crippen molar-refractivity contribution in [3.05, 3.63) is 45.6 Å². The number of nitrogens with zero attached hydrogens (tertiary/aromatic N) is 1. The van der Waals surface area contributed by atoms with E-state index in [4.69, 9.17) is 9.47 Å². The maximum atomic E-state index is 12.4. The van der Waals surface area contributed by atoms with E-state index in [9.17, 15) is 4.79 Å². The number of hydrogen-bond donors (Lipinski definition) is 1. The highest BCUT2D eigenvalue weighted by atomic mass is 32.1. The molecule has 5 nitrogen and oxygen atoms in total. The average molecular weight is 372 g/mol. The topological polar surface area (TPSA) is 50.8 Å². The summed E-state index contributed by atoms with van der Waals surface area (Å²) in [5.41, 5.74) is 2.83. The number of carbonyl (C=O) groups excluding carboxylic acids is 1. The van der Waals surface area contributed by atoms with Crippen molar-refractivity contribution in [3.63, 3.8) is 0 Å². The maximum Gasteiger partial charge on any atom is 0.265 e. The number of fused-ring (bicyclic) bond motifs is 1. The van der Waals surface area contributed by atoms with Gasteiger partial charge in [-0.25, -0.2) is 0 Å². The molecule has 0 aliphatic carbocycles. The highest BCUT2D eigenvalue weighted by Crippen LogP contribution is 2.39. The number of thiophene rings is 1. The first-order valence-electron chi connectivity index (χ1n) is 9.15. The smallest absolute Gasteiger partial charge is 0.265 e. The highest BCUT2D eigenvalue weighted by molar-refractivity contribution is 7.12. The Morgan fingerprint density at radius 2 is 2.15 bits per heavy atom. The van der Waals surface area contributed by atoms with Gasteiger partial charge in [-0.05, 0) is 36.9 Å². The van der Waals surface area contributed by atoms with E-state index in [0.29, 0.717) is 42.1 Å². The molecule has 1 amide bonds. The standard InChI is InChI=1S/C20H24N2O3S/c1-14-4-2-3-5-16(14)15-6-8-22(12-15)9-7-21-20(23)19-18-17(13-26-19)24-10-11-25-18/h2-5,13,15H,6-12H2,1H3,(H,21,23)/t15-/m1/s1. The van der Waals surface area contributed by atoms with Gasteiger partial charge in [-0.2, -0.15) is 0 Å². The predicted octanol–water partition coefficient (Wildman–Crippen LogP) is 3.05. The van der Waals surface area contributed by atoms with E-state index in [1.54, 1.807) is 0 Å². The third-order valence-electron chi connectivity index (χ3n) is 5.12. The van der Waals surface area contributed by atoms with Crippen LogP contribution in [0.5, 0.6) is 11.5 Å². The molecule has 1 aromatic heterocycles. The molecule has 1 atom stereocenters. The van der Waals surface area contributed by atoms with Crippen molar-refractivity contribution >= 4 is 17.2 Å². The van der Waals surface area contributed by atoms with E-state index in [1.807, 2.05) is 5.38 Å². The number of amides is 1. The molecule has 0 spiro atoms. The number of carbonyl (C=O) groups is 1. The third kappa shape index (κ3) is 3.57. The molecule has 1 saturated heterocycles. The third-order valence-corrected chi connectivity index (χ3v) is 6.06. The minimum absolute atomic E-state index is 0.0728. The largest absolute Gasteiger partial charge is 0.485 e. The first kappa shape index (κ1) is 17.4. The van der Waals surface area contributed by atoms with Crippen LogP contribution in [0.3, 0.4) is 0 Å². The van der Waals surface area contributed by atoms with Crippen molar-refractivity contribution in [3.8, 4) is 11.5 Å². The van der Waals surface area contributed by atoms with Gasteiger partial charge in [0.15, 0.2) is 11.5 Å². The van der Waals surface area contributed by atoms with E-state index in [-0.39, 0.29) is 5.91 Å². The lowest BCUT2D eigenvalue weighted by Crippen LogP contribution is -2.33. The molecule has 1 N–H and O–H groups in total. The van der Waals surface area contributed by atoms with Crippen molar-refractivity contribution < 1.29 is 14.3 Å². The molecule has 2 aromatic rings. The van der Waals surface area contributed by atoms with E-state index >= 15 is 0 Å². The number of hydrogen-bond acceptors (Lipinski definition) is 5. The highest BCUT2D eigenvalue weighted by Gasteiger charge is 2.26. The Kier molecular flexibility index (Phi) is 5.13. The maximum absolute atomic E-state index is 12.4. The number of ether oxygens (including phenoxy) is 2. The van der Waals surface area contributed by atoms with Gasteiger partial charge in [0.1, 0.15) is 18.1 Å². The first-order valence-corrected chi connectivity index (χ1v) is 10.0. The average Bonchev–Trinajstić information content (AvgIpc) is 3.29. The minimum Gasteiger partial charge on any atom is -0.485 e. The molecule has 0 radical (unpaired) electrons. The predicted molar refractivity (Wildman–Crippen MR) is 103 cm³/mol. The zero-order valence-corrected chi connectivity index (χ0v) is 15.8. The van der Waals surface area contributed by atoms with Crippen LogP contribution in [0.4, 0.5) is 0 Å². The summed E-state index contributed by atoms with van der Waals surface area (Å²) < 4.78 is 11.1. The fraction of sp³-hybridized carbons (Fsp3) is 0.450. The van der Waals surface area contributed by atoms with E-state index < -0.39 is 0 Å². The van der Waals surface area contributed by atoms with Crippen molar-refractivity contribution in [2.75, 3.05) is 39.4 Å². The molecule has 1 fully saturated rings. The second-order valence-electron chi connectivity index (χ2n) is 6.85. The van der Waals surface area contributed by atoms with Crippen molar-refractivity contribution in [2.45, 2.75) is 19.3 Å². The molecule has 2 aliphatic rings. The van der Waals surface area contributed by atoms with E-state index in [0.717, 1.165) is 19.6 Å². The number of benzene rings is 1. The van der Waals surface area contributed by atoms with Crippen LogP contribution in [0.1, 0.15) is 33.1 Å². The first-order chi connectivity index (χ1) is 12.7. The van der Waals surface area contributed by atoms with Crippen LogP contribution in [0, 0.1) is 6.92 Å². The molecule has 0 unspecified atom stereocenters. The molecule has 138 valence electrons. The molecule has 0 bridgehead atoms. The van der Waals surface area contributed by atoms with Gasteiger partial charge in [-0.1, -0.05) is 24.3 Å². The summed E-state index contributed by atoms with van der Waals surface area (Å²) in [7, 11) is 0. The van der Waals surface area contributed by atoms with Gasteiger partial charge in [-0.15, -0.1) is 11.3 Å². The summed E-state index contributed by atoms with van der Waals surface area (Å²) in [6, 6.07) is 8.65. The quantitative estimate of drug-likeness (QED) is 0.876. The lowest BCUT2D eigenvalue weighted by Gasteiger charge is -2.18. The summed E-state index contributed by atoms with van der Waals surface area (Å²) in [6.45, 7) is 6.89. The Bertz CT molecular complexity index is 789. The van der Waals surface area contributed by atoms with E-state index in [1.165, 1.54) is 28.9 Å². The summed E-state index contributed by atoms with van der Waals surface area (Å²) in [4.78, 5) is 15.5. The van der Waals surface area contributed by atoms with Crippen LogP contribution in [-0.4, -0.2) is 50.2 Å². The second kappa shape index (κ2) is 7.68. The lowest BCUT2D eigenvalue weighted by atomic mass is 9.94. The molecule has 4 rings (SSSR count). The Morgan fingerprint density at radius 1 is 1.31 bits per heavy atom. The van der Waals surface area contributed by atoms with Crippen LogP contribution in [0.15, 0.2) is 29.6 Å². The number of nitrogens with one attached hydrogen (secondary N) is 1. The summed E-state index contributed by atoms with van der Waals surface area (Å²) in [6.07, 6.45) is 1.18. The Balaban J connectivity index is 1.27. The van der Waals surface area contributed by atoms with Gasteiger partial charge in [0.25, 0.3) is 5.91 Å². The van der Waals surface area contributed by atoms with Gasteiger partial charge in [0, 0.05) is 25.0 Å². The van der Waals surface area contributed by atoms with Gasteiger partial charge >= 0.3 is 0 Å². The molecule has 3 heterocycles. The van der Waals surface area contributed by atoms with E-state index in [2.05, 4.69) is 41.4 Å². The van der Waals surface area contributed by atoms with Crippen LogP contribution in [0.25, 0.3) is 0 Å². The minimum atomic E-state index is -0.0728. The Labute approximate surface area is 157 Å². The molecule has 6 heteroatoms. The molecule has 26 heavy (non-hydrogen) atoms. The molecular weight excluding hydrogens is 348 g/mol. The van der Waals surface area contributed by atoms with Crippen LogP contribution >= 0.6 is 11.3 Å². The van der Waals surface area contributed by atoms with Gasteiger partial charge in [-0.3, -0.25) is 4.79 Å². The molecule has 1 aromatic carbocycles. The number of rotatable bonds is 5. The molecular formula is C20H24N2O3S. The monoisotopic (exact) mass is 372 g/mol.